The molecular weight excluding hydrogens is 397 g/mol. The summed E-state index contributed by atoms with van der Waals surface area (Å²) in [7, 11) is -2.29. The first-order chi connectivity index (χ1) is 13.9. The van der Waals surface area contributed by atoms with Gasteiger partial charge in [-0.2, -0.15) is 4.31 Å². The van der Waals surface area contributed by atoms with Crippen LogP contribution in [0.4, 0.5) is 4.39 Å². The summed E-state index contributed by atoms with van der Waals surface area (Å²) in [5.74, 6) is -1.12. The highest BCUT2D eigenvalue weighted by Gasteiger charge is 2.26. The second-order valence-electron chi connectivity index (χ2n) is 6.89. The Kier molecular flexibility index (Phi) is 6.87. The molecule has 0 saturated carbocycles. The third-order valence-corrected chi connectivity index (χ3v) is 6.75. The van der Waals surface area contributed by atoms with E-state index >= 15 is 0 Å². The zero-order chi connectivity index (χ0) is 20.9. The molecule has 0 unspecified atom stereocenters. The highest BCUT2D eigenvalue weighted by atomic mass is 32.2. The van der Waals surface area contributed by atoms with Gasteiger partial charge in [0.2, 0.25) is 10.0 Å². The molecule has 2 aromatic carbocycles. The van der Waals surface area contributed by atoms with Gasteiger partial charge in [0, 0.05) is 13.1 Å². The van der Waals surface area contributed by atoms with Crippen LogP contribution in [0.5, 0.6) is 5.75 Å². The summed E-state index contributed by atoms with van der Waals surface area (Å²) in [4.78, 5) is 12.5. The standard InChI is InChI=1S/C21H24FNO5S/c1-27-20-10-9-16(13-19(20)22)15-28-21(24)17-7-6-8-18(14-17)29(25,26)23-11-4-2-3-5-12-23/h6-10,13-14H,2-5,11-12,15H2,1H3. The fraction of sp³-hybridized carbons (Fsp3) is 0.381. The van der Waals surface area contributed by atoms with Crippen LogP contribution in [-0.4, -0.2) is 38.9 Å². The molecule has 3 rings (SSSR count). The molecule has 1 aliphatic rings. The maximum atomic E-state index is 13.8. The van der Waals surface area contributed by atoms with Gasteiger partial charge in [-0.25, -0.2) is 17.6 Å². The van der Waals surface area contributed by atoms with E-state index in [9.17, 15) is 17.6 Å². The first-order valence-electron chi connectivity index (χ1n) is 9.51. The van der Waals surface area contributed by atoms with Gasteiger partial charge in [-0.1, -0.05) is 25.0 Å². The van der Waals surface area contributed by atoms with Crippen LogP contribution in [0.3, 0.4) is 0 Å². The molecule has 0 atom stereocenters. The number of carbonyl (C=O) groups is 1. The average molecular weight is 421 g/mol. The van der Waals surface area contributed by atoms with Gasteiger partial charge in [-0.05, 0) is 48.7 Å². The predicted molar refractivity (Wildman–Crippen MR) is 106 cm³/mol. The lowest BCUT2D eigenvalue weighted by atomic mass is 10.2. The van der Waals surface area contributed by atoms with Crippen molar-refractivity contribution in [3.8, 4) is 5.75 Å². The largest absolute Gasteiger partial charge is 0.494 e. The van der Waals surface area contributed by atoms with Gasteiger partial charge in [0.05, 0.1) is 17.6 Å². The number of esters is 1. The summed E-state index contributed by atoms with van der Waals surface area (Å²) in [5.41, 5.74) is 0.597. The van der Waals surface area contributed by atoms with Crippen molar-refractivity contribution in [3.05, 3.63) is 59.4 Å². The number of hydrogen-bond acceptors (Lipinski definition) is 5. The minimum Gasteiger partial charge on any atom is -0.494 e. The molecule has 0 N–H and O–H groups in total. The third kappa shape index (κ3) is 5.13. The first kappa shape index (κ1) is 21.3. The maximum absolute atomic E-state index is 13.8. The Morgan fingerprint density at radius 3 is 2.45 bits per heavy atom. The number of hydrogen-bond donors (Lipinski definition) is 0. The molecule has 1 heterocycles. The van der Waals surface area contributed by atoms with Gasteiger partial charge in [0.25, 0.3) is 0 Å². The Balaban J connectivity index is 1.71. The van der Waals surface area contributed by atoms with Crippen LogP contribution in [0.15, 0.2) is 47.4 Å². The van der Waals surface area contributed by atoms with Crippen LogP contribution in [0, 0.1) is 5.82 Å². The Labute approximate surface area is 170 Å². The Hall–Kier alpha value is -2.45. The van der Waals surface area contributed by atoms with Gasteiger partial charge < -0.3 is 9.47 Å². The number of nitrogens with zero attached hydrogens (tertiary/aromatic N) is 1. The summed E-state index contributed by atoms with van der Waals surface area (Å²) < 4.78 is 51.1. The highest BCUT2D eigenvalue weighted by molar-refractivity contribution is 7.89. The number of ether oxygens (including phenoxy) is 2. The smallest absolute Gasteiger partial charge is 0.338 e. The van der Waals surface area contributed by atoms with Crippen molar-refractivity contribution in [2.45, 2.75) is 37.2 Å². The number of sulfonamides is 1. The van der Waals surface area contributed by atoms with E-state index in [1.807, 2.05) is 0 Å². The molecule has 156 valence electrons. The molecular formula is C21H24FNO5S. The molecule has 0 aromatic heterocycles. The van der Waals surface area contributed by atoms with E-state index in [0.29, 0.717) is 18.7 Å². The van der Waals surface area contributed by atoms with Gasteiger partial charge in [-0.15, -0.1) is 0 Å². The van der Waals surface area contributed by atoms with Crippen LogP contribution < -0.4 is 4.74 Å². The molecule has 0 radical (unpaired) electrons. The lowest BCUT2D eigenvalue weighted by molar-refractivity contribution is 0.0472. The molecule has 2 aromatic rings. The number of rotatable bonds is 6. The summed E-state index contributed by atoms with van der Waals surface area (Å²) in [6.45, 7) is 0.836. The topological polar surface area (TPSA) is 72.9 Å². The SMILES string of the molecule is COc1ccc(COC(=O)c2cccc(S(=O)(=O)N3CCCCCC3)c2)cc1F. The highest BCUT2D eigenvalue weighted by Crippen LogP contribution is 2.22. The van der Waals surface area contributed by atoms with Crippen molar-refractivity contribution in [2.24, 2.45) is 0 Å². The van der Waals surface area contributed by atoms with E-state index in [2.05, 4.69) is 0 Å². The normalized spacial score (nSPS) is 15.5. The lowest BCUT2D eigenvalue weighted by Crippen LogP contribution is -2.32. The van der Waals surface area contributed by atoms with Crippen LogP contribution in [0.25, 0.3) is 0 Å². The zero-order valence-electron chi connectivity index (χ0n) is 16.3. The van der Waals surface area contributed by atoms with E-state index < -0.39 is 21.8 Å². The molecule has 0 spiro atoms. The van der Waals surface area contributed by atoms with E-state index in [4.69, 9.17) is 9.47 Å². The molecule has 1 aliphatic heterocycles. The number of methoxy groups -OCH3 is 1. The summed E-state index contributed by atoms with van der Waals surface area (Å²) >= 11 is 0. The molecule has 6 nitrogen and oxygen atoms in total. The van der Waals surface area contributed by atoms with Crippen molar-refractivity contribution < 1.29 is 27.1 Å². The number of carbonyl (C=O) groups excluding carboxylic acids is 1. The van der Waals surface area contributed by atoms with E-state index in [1.54, 1.807) is 6.07 Å². The Bertz CT molecular complexity index is 969. The monoisotopic (exact) mass is 421 g/mol. The predicted octanol–water partition coefficient (Wildman–Crippen LogP) is 3.76. The molecule has 0 amide bonds. The zero-order valence-corrected chi connectivity index (χ0v) is 17.1. The van der Waals surface area contributed by atoms with Gasteiger partial charge in [0.1, 0.15) is 6.61 Å². The van der Waals surface area contributed by atoms with Crippen LogP contribution in [0.2, 0.25) is 0 Å². The molecule has 0 aliphatic carbocycles. The summed E-state index contributed by atoms with van der Waals surface area (Å²) in [6, 6.07) is 10.1. The number of halogens is 1. The van der Waals surface area contributed by atoms with E-state index in [-0.39, 0.29) is 22.8 Å². The van der Waals surface area contributed by atoms with E-state index in [0.717, 1.165) is 25.7 Å². The van der Waals surface area contributed by atoms with Crippen molar-refractivity contribution in [2.75, 3.05) is 20.2 Å². The molecule has 1 saturated heterocycles. The van der Waals surface area contributed by atoms with Crippen molar-refractivity contribution in [1.82, 2.24) is 4.31 Å². The average Bonchev–Trinajstić information content (AvgIpc) is 3.02. The van der Waals surface area contributed by atoms with Crippen LogP contribution in [-0.2, 0) is 21.4 Å². The van der Waals surface area contributed by atoms with Gasteiger partial charge in [-0.3, -0.25) is 0 Å². The third-order valence-electron chi connectivity index (χ3n) is 4.86. The van der Waals surface area contributed by atoms with Crippen molar-refractivity contribution >= 4 is 16.0 Å². The summed E-state index contributed by atoms with van der Waals surface area (Å²) in [6.07, 6.45) is 3.70. The van der Waals surface area contributed by atoms with Gasteiger partial charge in [0.15, 0.2) is 11.6 Å². The first-order valence-corrected chi connectivity index (χ1v) is 11.0. The second-order valence-corrected chi connectivity index (χ2v) is 8.83. The van der Waals surface area contributed by atoms with Crippen LogP contribution in [0.1, 0.15) is 41.6 Å². The molecule has 1 fully saturated rings. The van der Waals surface area contributed by atoms with E-state index in [1.165, 1.54) is 47.8 Å². The molecule has 0 bridgehead atoms. The van der Waals surface area contributed by atoms with Crippen LogP contribution >= 0.6 is 0 Å². The fourth-order valence-corrected chi connectivity index (χ4v) is 4.81. The maximum Gasteiger partial charge on any atom is 0.338 e. The number of benzene rings is 2. The van der Waals surface area contributed by atoms with Crippen molar-refractivity contribution in [3.63, 3.8) is 0 Å². The Morgan fingerprint density at radius 1 is 1.07 bits per heavy atom. The minimum absolute atomic E-state index is 0.0735. The van der Waals surface area contributed by atoms with Crippen molar-refractivity contribution in [1.29, 1.82) is 0 Å². The summed E-state index contributed by atoms with van der Waals surface area (Å²) in [5, 5.41) is 0. The minimum atomic E-state index is -3.66. The molecule has 8 heteroatoms. The van der Waals surface area contributed by atoms with Gasteiger partial charge >= 0.3 is 5.97 Å². The lowest BCUT2D eigenvalue weighted by Gasteiger charge is -2.20. The second kappa shape index (κ2) is 9.37. The quantitative estimate of drug-likeness (QED) is 0.664. The molecule has 29 heavy (non-hydrogen) atoms. The fourth-order valence-electron chi connectivity index (χ4n) is 3.25. The Morgan fingerprint density at radius 2 is 1.79 bits per heavy atom.